The first kappa shape index (κ1) is 32.6. The summed E-state index contributed by atoms with van der Waals surface area (Å²) in [6.45, 7) is 4.06. The highest BCUT2D eigenvalue weighted by atomic mass is 16.5. The Labute approximate surface area is 267 Å². The molecule has 2 aliphatic rings. The minimum atomic E-state index is -0.385. The molecule has 0 unspecified atom stereocenters. The van der Waals surface area contributed by atoms with Gasteiger partial charge in [-0.1, -0.05) is 73.2 Å². The number of amides is 1. The molecule has 3 aromatic rings. The van der Waals surface area contributed by atoms with Gasteiger partial charge in [0.2, 0.25) is 5.91 Å². The first-order valence-corrected chi connectivity index (χ1v) is 16.4. The van der Waals surface area contributed by atoms with Crippen molar-refractivity contribution in [2.24, 2.45) is 5.92 Å². The number of hydrogen-bond acceptors (Lipinski definition) is 6. The number of piperidine rings is 1. The third-order valence-corrected chi connectivity index (χ3v) is 8.88. The summed E-state index contributed by atoms with van der Waals surface area (Å²) >= 11 is 0. The third-order valence-electron chi connectivity index (χ3n) is 8.88. The molecular formula is C38H46N2O5. The molecule has 0 spiro atoms. The van der Waals surface area contributed by atoms with Crippen LogP contribution in [0.3, 0.4) is 0 Å². The van der Waals surface area contributed by atoms with Gasteiger partial charge in [0, 0.05) is 37.4 Å². The number of nitrogens with one attached hydrogen (secondary N) is 1. The summed E-state index contributed by atoms with van der Waals surface area (Å²) in [6, 6.07) is 25.8. The van der Waals surface area contributed by atoms with Gasteiger partial charge in [0.1, 0.15) is 5.75 Å². The van der Waals surface area contributed by atoms with Crippen LogP contribution in [0, 0.1) is 5.92 Å². The fraction of sp³-hybridized carbons (Fsp3) is 0.421. The van der Waals surface area contributed by atoms with Crippen LogP contribution >= 0.6 is 0 Å². The first-order chi connectivity index (χ1) is 22.0. The maximum atomic E-state index is 12.3. The van der Waals surface area contributed by atoms with Crippen LogP contribution in [0.4, 0.5) is 5.69 Å². The van der Waals surface area contributed by atoms with Crippen molar-refractivity contribution in [2.45, 2.75) is 83.1 Å². The van der Waals surface area contributed by atoms with E-state index in [1.54, 1.807) is 24.3 Å². The summed E-state index contributed by atoms with van der Waals surface area (Å²) in [5.74, 6) is 0.267. The van der Waals surface area contributed by atoms with Crippen LogP contribution in [0.1, 0.15) is 63.9 Å². The van der Waals surface area contributed by atoms with Crippen molar-refractivity contribution in [2.75, 3.05) is 18.4 Å². The lowest BCUT2D eigenvalue weighted by molar-refractivity contribution is -0.134. The van der Waals surface area contributed by atoms with Gasteiger partial charge in [-0.05, 0) is 86.1 Å². The van der Waals surface area contributed by atoms with Gasteiger partial charge >= 0.3 is 5.97 Å². The van der Waals surface area contributed by atoms with Crippen LogP contribution in [0.25, 0.3) is 11.1 Å². The lowest BCUT2D eigenvalue weighted by Crippen LogP contribution is -2.47. The van der Waals surface area contributed by atoms with Crippen molar-refractivity contribution in [1.82, 2.24) is 4.90 Å². The Hall–Kier alpha value is -3.78. The molecule has 0 aromatic heterocycles. The molecule has 1 heterocycles. The number of rotatable bonds is 13. The molecule has 7 nitrogen and oxygen atoms in total. The van der Waals surface area contributed by atoms with Gasteiger partial charge in [-0.3, -0.25) is 14.5 Å². The van der Waals surface area contributed by atoms with Crippen molar-refractivity contribution in [3.8, 4) is 16.9 Å². The molecule has 0 bridgehead atoms. The molecule has 0 radical (unpaired) electrons. The van der Waals surface area contributed by atoms with E-state index in [-0.39, 0.29) is 42.5 Å². The molecule has 1 aliphatic heterocycles. The summed E-state index contributed by atoms with van der Waals surface area (Å²) in [5.41, 5.74) is 4.19. The van der Waals surface area contributed by atoms with Crippen molar-refractivity contribution in [3.05, 3.63) is 96.6 Å². The summed E-state index contributed by atoms with van der Waals surface area (Å²) in [4.78, 5) is 26.0. The second kappa shape index (κ2) is 16.5. The number of nitrogens with zero attached hydrogens (tertiary/aromatic N) is 1. The van der Waals surface area contributed by atoms with Crippen LogP contribution in [-0.4, -0.2) is 53.2 Å². The molecule has 45 heavy (non-hydrogen) atoms. The Bertz CT molecular complexity index is 1380. The van der Waals surface area contributed by atoms with Crippen LogP contribution in [-0.2, 0) is 20.9 Å². The minimum absolute atomic E-state index is 0.00105. The zero-order valence-corrected chi connectivity index (χ0v) is 26.3. The SMILES string of the molecule is CC(=O)Nc1ccc(OC(=O)CCC=CCC[C@H]2[C@H](N3CCCCC3)[C@H](O)C[C@H]2OCc2ccc(-c3ccccc3)cc2)cc1. The largest absolute Gasteiger partial charge is 0.427 e. The van der Waals surface area contributed by atoms with Crippen LogP contribution in [0.5, 0.6) is 5.75 Å². The quantitative estimate of drug-likeness (QED) is 0.121. The van der Waals surface area contributed by atoms with E-state index in [9.17, 15) is 14.7 Å². The van der Waals surface area contributed by atoms with Crippen LogP contribution < -0.4 is 10.1 Å². The zero-order valence-electron chi connectivity index (χ0n) is 26.3. The number of benzene rings is 3. The maximum Gasteiger partial charge on any atom is 0.311 e. The highest BCUT2D eigenvalue weighted by molar-refractivity contribution is 5.88. The Kier molecular flexibility index (Phi) is 12.0. The highest BCUT2D eigenvalue weighted by Gasteiger charge is 2.45. The van der Waals surface area contributed by atoms with E-state index >= 15 is 0 Å². The number of ether oxygens (including phenoxy) is 2. The molecule has 4 atom stereocenters. The van der Waals surface area contributed by atoms with E-state index in [0.717, 1.165) is 31.5 Å². The lowest BCUT2D eigenvalue weighted by Gasteiger charge is -2.38. The third kappa shape index (κ3) is 9.60. The van der Waals surface area contributed by atoms with Gasteiger partial charge in [0.05, 0.1) is 18.8 Å². The number of likely N-dealkylation sites (tertiary alicyclic amines) is 1. The second-order valence-corrected chi connectivity index (χ2v) is 12.2. The molecule has 2 N–H and O–H groups in total. The Morgan fingerprint density at radius 3 is 2.29 bits per heavy atom. The summed E-state index contributed by atoms with van der Waals surface area (Å²) in [5, 5.41) is 13.9. The lowest BCUT2D eigenvalue weighted by atomic mass is 9.92. The molecule has 5 rings (SSSR count). The zero-order chi connectivity index (χ0) is 31.4. The first-order valence-electron chi connectivity index (χ1n) is 16.4. The number of aliphatic hydroxyl groups is 1. The summed E-state index contributed by atoms with van der Waals surface area (Å²) in [7, 11) is 0. The molecule has 1 saturated carbocycles. The van der Waals surface area contributed by atoms with Gasteiger partial charge in [-0.25, -0.2) is 0 Å². The molecule has 1 amide bonds. The normalized spacial score (nSPS) is 22.0. The van der Waals surface area contributed by atoms with Gasteiger partial charge in [0.15, 0.2) is 0 Å². The Morgan fingerprint density at radius 2 is 1.58 bits per heavy atom. The molecule has 7 heteroatoms. The fourth-order valence-corrected chi connectivity index (χ4v) is 6.68. The van der Waals surface area contributed by atoms with Gasteiger partial charge in [-0.2, -0.15) is 0 Å². The van der Waals surface area contributed by atoms with Gasteiger partial charge < -0.3 is 19.9 Å². The second-order valence-electron chi connectivity index (χ2n) is 12.2. The van der Waals surface area contributed by atoms with Gasteiger partial charge in [0.25, 0.3) is 0 Å². The molecule has 1 saturated heterocycles. The number of esters is 1. The number of allylic oxidation sites excluding steroid dienone is 2. The monoisotopic (exact) mass is 610 g/mol. The standard InChI is InChI=1S/C38H46N2O5/c1-28(41)39-32-20-22-33(23-21-32)45-37(43)15-9-3-2-8-14-34-36(26-35(42)38(34)40-24-10-5-11-25-40)44-27-29-16-18-31(19-17-29)30-12-6-4-7-13-30/h2-4,6-7,12-13,16-23,34-36,38,42H,5,8-11,14-15,24-27H2,1H3,(H,39,41)/t34-,35-,36-,38+/m1/s1. The molecule has 238 valence electrons. The fourth-order valence-electron chi connectivity index (χ4n) is 6.68. The highest BCUT2D eigenvalue weighted by Crippen LogP contribution is 2.38. The number of anilines is 1. The van der Waals surface area contributed by atoms with E-state index in [4.69, 9.17) is 9.47 Å². The van der Waals surface area contributed by atoms with Crippen molar-refractivity contribution >= 4 is 17.6 Å². The van der Waals surface area contributed by atoms with E-state index in [2.05, 4.69) is 64.8 Å². The number of hydrogen-bond donors (Lipinski definition) is 2. The van der Waals surface area contributed by atoms with Crippen molar-refractivity contribution in [1.29, 1.82) is 0 Å². The van der Waals surface area contributed by atoms with E-state index in [1.807, 2.05) is 12.1 Å². The Morgan fingerprint density at radius 1 is 0.889 bits per heavy atom. The molecule has 3 aromatic carbocycles. The maximum absolute atomic E-state index is 12.3. The van der Waals surface area contributed by atoms with Crippen molar-refractivity contribution < 1.29 is 24.2 Å². The molecule has 1 aliphatic carbocycles. The van der Waals surface area contributed by atoms with Gasteiger partial charge in [-0.15, -0.1) is 0 Å². The average molecular weight is 611 g/mol. The average Bonchev–Trinajstić information content (AvgIpc) is 3.37. The van der Waals surface area contributed by atoms with E-state index in [1.165, 1.54) is 37.3 Å². The predicted octanol–water partition coefficient (Wildman–Crippen LogP) is 7.15. The minimum Gasteiger partial charge on any atom is -0.427 e. The van der Waals surface area contributed by atoms with E-state index < -0.39 is 0 Å². The summed E-state index contributed by atoms with van der Waals surface area (Å²) < 4.78 is 12.0. The summed E-state index contributed by atoms with van der Waals surface area (Å²) in [6.07, 6.45) is 10.8. The predicted molar refractivity (Wildman–Crippen MR) is 178 cm³/mol. The van der Waals surface area contributed by atoms with Crippen LogP contribution in [0.2, 0.25) is 0 Å². The number of carbonyl (C=O) groups is 2. The molecule has 2 fully saturated rings. The Balaban J connectivity index is 1.11. The molecular weight excluding hydrogens is 564 g/mol. The van der Waals surface area contributed by atoms with Crippen molar-refractivity contribution in [3.63, 3.8) is 0 Å². The number of aliphatic hydroxyl groups excluding tert-OH is 1. The topological polar surface area (TPSA) is 88.1 Å². The number of carbonyl (C=O) groups excluding carboxylic acids is 2. The van der Waals surface area contributed by atoms with Crippen LogP contribution in [0.15, 0.2) is 91.0 Å². The smallest absolute Gasteiger partial charge is 0.311 e. The van der Waals surface area contributed by atoms with E-state index in [0.29, 0.717) is 30.9 Å².